The Balaban J connectivity index is -0.000000000500. The SMILES string of the molecule is [Cl][Co+2].[NH2-].[NH2-].[NH2-].[NH2-].[NH2-]. The molecule has 0 aromatic carbocycles. The molecule has 0 atom stereocenters. The van der Waals surface area contributed by atoms with Crippen molar-refractivity contribution < 1.29 is 14.8 Å². The molecule has 0 unspecified atom stereocenters. The molecule has 0 bridgehead atoms. The van der Waals surface area contributed by atoms with Gasteiger partial charge >= 0.3 is 25.0 Å². The second kappa shape index (κ2) is 581. The summed E-state index contributed by atoms with van der Waals surface area (Å²) in [6, 6.07) is 0. The Labute approximate surface area is 56.3 Å². The molecule has 0 fully saturated rings. The Bertz CT molecular complexity index is 8.04. The molecule has 0 saturated carbocycles. The summed E-state index contributed by atoms with van der Waals surface area (Å²) in [5.74, 6) is 0. The molecule has 0 rings (SSSR count). The van der Waals surface area contributed by atoms with Crippen LogP contribution in [-0.4, -0.2) is 0 Å². The predicted molar refractivity (Wildman–Crippen MR) is 32.3 cm³/mol. The van der Waals surface area contributed by atoms with Gasteiger partial charge < -0.3 is 30.8 Å². The van der Waals surface area contributed by atoms with Crippen LogP contribution in [0.4, 0.5) is 0 Å². The monoisotopic (exact) mass is 174 g/mol. The van der Waals surface area contributed by atoms with Gasteiger partial charge in [-0.3, -0.25) is 0 Å². The quantitative estimate of drug-likeness (QED) is 0.511. The first-order chi connectivity index (χ1) is 1.00. The molecule has 7 heteroatoms. The average Bonchev–Trinajstić information content (AvgIpc) is 1.00. The van der Waals surface area contributed by atoms with Crippen LogP contribution < -0.4 is 0 Å². The van der Waals surface area contributed by atoms with Gasteiger partial charge in [0.25, 0.3) is 0 Å². The maximum absolute atomic E-state index is 4.33. The fraction of sp³-hybridized carbons (Fsp3) is 0. The maximum atomic E-state index is 4.33. The van der Waals surface area contributed by atoms with Crippen LogP contribution in [-0.2, 0) is 14.8 Å². The van der Waals surface area contributed by atoms with Gasteiger partial charge in [0.15, 0.2) is 0 Å². The molecule has 0 radical (unpaired) electrons. The van der Waals surface area contributed by atoms with Crippen LogP contribution in [0.5, 0.6) is 0 Å². The molecule has 0 spiro atoms. The molecule has 0 aromatic rings. The van der Waals surface area contributed by atoms with Crippen molar-refractivity contribution in [2.24, 2.45) is 0 Å². The molecule has 0 saturated heterocycles. The Morgan fingerprint density at radius 3 is 0.571 bits per heavy atom. The van der Waals surface area contributed by atoms with E-state index < -0.39 is 0 Å². The standard InChI is InChI=1S/ClH.Co.5H2N/h1H;;5*1H2/q;+3;5*-1/p-1. The third-order valence-corrected chi connectivity index (χ3v) is 0. The largest absolute Gasteiger partial charge is 0.693 e. The zero-order chi connectivity index (χ0) is 2.00. The molecule has 5 nitrogen and oxygen atoms in total. The first-order valence-corrected chi connectivity index (χ1v) is 1.56. The van der Waals surface area contributed by atoms with Crippen LogP contribution in [0, 0.1) is 0 Å². The van der Waals surface area contributed by atoms with Gasteiger partial charge in [0.05, 0.1) is 0 Å². The summed E-state index contributed by atoms with van der Waals surface area (Å²) in [6.45, 7) is 0. The van der Waals surface area contributed by atoms with Gasteiger partial charge in [0, 0.05) is 0 Å². The molecule has 54 valence electrons. The van der Waals surface area contributed by atoms with E-state index in [4.69, 9.17) is 0 Å². The van der Waals surface area contributed by atoms with Gasteiger partial charge in [-0.2, -0.15) is 0 Å². The molecule has 0 aliphatic rings. The Hall–Kier alpha value is 0.596. The Morgan fingerprint density at radius 2 is 0.571 bits per heavy atom. The van der Waals surface area contributed by atoms with Crippen LogP contribution in [0.1, 0.15) is 0 Å². The zero-order valence-electron chi connectivity index (χ0n) is 3.60. The third-order valence-electron chi connectivity index (χ3n) is 0. The number of hydrogen-bond acceptors (Lipinski definition) is 0. The number of rotatable bonds is 0. The predicted octanol–water partition coefficient (Wildman–Crippen LogP) is 4.27. The van der Waals surface area contributed by atoms with E-state index in [2.05, 4.69) is 25.0 Å². The van der Waals surface area contributed by atoms with Crippen molar-refractivity contribution in [3.8, 4) is 0 Å². The van der Waals surface area contributed by atoms with Gasteiger partial charge in [-0.25, -0.2) is 0 Å². The van der Waals surface area contributed by atoms with E-state index in [-0.39, 0.29) is 30.8 Å². The summed E-state index contributed by atoms with van der Waals surface area (Å²) < 4.78 is 0. The molecule has 0 aliphatic carbocycles. The van der Waals surface area contributed by atoms with E-state index in [0.717, 1.165) is 0 Å². The molecule has 0 aromatic heterocycles. The smallest absolute Gasteiger partial charge is 0.693 e. The summed E-state index contributed by atoms with van der Waals surface area (Å²) in [4.78, 5) is 0. The second-order valence-electron chi connectivity index (χ2n) is 0. The van der Waals surface area contributed by atoms with E-state index >= 15 is 0 Å². The first kappa shape index (κ1) is 130. The van der Waals surface area contributed by atoms with Crippen LogP contribution >= 0.6 is 10.1 Å². The van der Waals surface area contributed by atoms with Gasteiger partial charge in [-0.05, 0) is 0 Å². The molecule has 10 N–H and O–H groups in total. The van der Waals surface area contributed by atoms with Crippen molar-refractivity contribution in [2.75, 3.05) is 0 Å². The Morgan fingerprint density at radius 1 is 0.571 bits per heavy atom. The summed E-state index contributed by atoms with van der Waals surface area (Å²) in [5, 5.41) is 0. The van der Waals surface area contributed by atoms with Crippen molar-refractivity contribution in [3.63, 3.8) is 0 Å². The van der Waals surface area contributed by atoms with E-state index in [1.54, 1.807) is 0 Å². The molecular weight excluding hydrogens is 164 g/mol. The van der Waals surface area contributed by atoms with Gasteiger partial charge in [0.1, 0.15) is 0 Å². The molecule has 7 heavy (non-hydrogen) atoms. The van der Waals surface area contributed by atoms with Crippen molar-refractivity contribution in [1.82, 2.24) is 0 Å². The van der Waals surface area contributed by atoms with Crippen LogP contribution in [0.3, 0.4) is 0 Å². The van der Waals surface area contributed by atoms with E-state index in [0.29, 0.717) is 0 Å². The van der Waals surface area contributed by atoms with Crippen molar-refractivity contribution in [1.29, 1.82) is 0 Å². The molecular formula is H10ClCoN5-3. The summed E-state index contributed by atoms with van der Waals surface area (Å²) in [6.07, 6.45) is 0. The maximum Gasteiger partial charge on any atom is -0.693 e. The summed E-state index contributed by atoms with van der Waals surface area (Å²) in [5.41, 5.74) is 0. The minimum absolute atomic E-state index is 0. The number of hydrogen-bond donors (Lipinski definition) is 0. The van der Waals surface area contributed by atoms with Crippen LogP contribution in [0.2, 0.25) is 0 Å². The van der Waals surface area contributed by atoms with E-state index in [1.807, 2.05) is 0 Å². The van der Waals surface area contributed by atoms with E-state index in [9.17, 15) is 0 Å². The van der Waals surface area contributed by atoms with E-state index in [1.165, 1.54) is 0 Å². The van der Waals surface area contributed by atoms with Gasteiger partial charge in [0.2, 0.25) is 0 Å². The second-order valence-corrected chi connectivity index (χ2v) is 0. The minimum atomic E-state index is 0. The van der Waals surface area contributed by atoms with Crippen molar-refractivity contribution >= 4 is 10.1 Å². The van der Waals surface area contributed by atoms with Crippen molar-refractivity contribution in [2.45, 2.75) is 0 Å². The molecule has 0 heterocycles. The summed E-state index contributed by atoms with van der Waals surface area (Å²) >= 11 is 3.03. The van der Waals surface area contributed by atoms with Crippen molar-refractivity contribution in [3.05, 3.63) is 30.8 Å². The normalized spacial score (nSPS) is 0.857. The zero-order valence-corrected chi connectivity index (χ0v) is 5.40. The van der Waals surface area contributed by atoms with Crippen LogP contribution in [0.25, 0.3) is 30.8 Å². The fourth-order valence-corrected chi connectivity index (χ4v) is 0. The molecule has 0 amide bonds. The van der Waals surface area contributed by atoms with Gasteiger partial charge in [-0.1, -0.05) is 0 Å². The van der Waals surface area contributed by atoms with Crippen LogP contribution in [0.15, 0.2) is 0 Å². The average molecular weight is 175 g/mol. The number of halogens is 1. The fourth-order valence-electron chi connectivity index (χ4n) is 0. The third kappa shape index (κ3) is 392. The minimum Gasteiger partial charge on any atom is -0.693 e. The first-order valence-electron chi connectivity index (χ1n) is 0.126. The summed E-state index contributed by atoms with van der Waals surface area (Å²) in [7, 11) is 4.33. The van der Waals surface area contributed by atoms with Gasteiger partial charge in [-0.15, -0.1) is 0 Å². The number of nitrogens with two attached hydrogens (primary N) is 5. The topological polar surface area (TPSA) is 168 Å². The molecule has 0 aliphatic heterocycles. The Kier molecular flexibility index (Phi) is 10800.